The van der Waals surface area contributed by atoms with E-state index in [4.69, 9.17) is 17.2 Å². The predicted molar refractivity (Wildman–Crippen MR) is 155 cm³/mol. The summed E-state index contributed by atoms with van der Waals surface area (Å²) in [5, 5.41) is 10.3. The molecule has 0 saturated carbocycles. The first kappa shape index (κ1) is 23.3. The molecule has 0 radical (unpaired) electrons. The number of hydrogen-bond acceptors (Lipinski definition) is 3. The molecule has 3 heterocycles. The second-order valence-electron chi connectivity index (χ2n) is 9.30. The molecule has 184 valence electrons. The maximum absolute atomic E-state index is 5.89. The van der Waals surface area contributed by atoms with Gasteiger partial charge in [0.1, 0.15) is 0 Å². The molecular formula is C31H29N5S. The number of benzene rings is 3. The van der Waals surface area contributed by atoms with E-state index in [2.05, 4.69) is 111 Å². The van der Waals surface area contributed by atoms with Crippen molar-refractivity contribution in [2.75, 3.05) is 18.4 Å². The van der Waals surface area contributed by atoms with Gasteiger partial charge in [-0.25, -0.2) is 0 Å². The third-order valence-corrected chi connectivity index (χ3v) is 7.32. The van der Waals surface area contributed by atoms with Crippen LogP contribution in [0.5, 0.6) is 0 Å². The number of fused-ring (bicyclic) bond motifs is 1. The monoisotopic (exact) mass is 503 g/mol. The number of thiocarbonyl (C=S) groups is 1. The van der Waals surface area contributed by atoms with Gasteiger partial charge in [-0.1, -0.05) is 54.6 Å². The predicted octanol–water partition coefficient (Wildman–Crippen LogP) is 6.50. The number of pyridine rings is 1. The number of nitrogens with zero attached hydrogens (tertiary/aromatic N) is 3. The highest BCUT2D eigenvalue weighted by Crippen LogP contribution is 2.39. The van der Waals surface area contributed by atoms with Gasteiger partial charge in [0.2, 0.25) is 0 Å². The van der Waals surface area contributed by atoms with Gasteiger partial charge in [-0.15, -0.1) is 0 Å². The zero-order chi connectivity index (χ0) is 25.0. The van der Waals surface area contributed by atoms with E-state index < -0.39 is 0 Å². The van der Waals surface area contributed by atoms with Crippen LogP contribution >= 0.6 is 12.2 Å². The minimum absolute atomic E-state index is 0.0144. The van der Waals surface area contributed by atoms with E-state index in [9.17, 15) is 0 Å². The van der Waals surface area contributed by atoms with E-state index in [-0.39, 0.29) is 12.1 Å². The van der Waals surface area contributed by atoms with Gasteiger partial charge in [-0.05, 0) is 77.9 Å². The summed E-state index contributed by atoms with van der Waals surface area (Å²) < 4.78 is 2.29. The molecule has 0 aliphatic carbocycles. The molecule has 0 spiro atoms. The molecule has 6 rings (SSSR count). The first-order valence-corrected chi connectivity index (χ1v) is 13.1. The molecule has 5 nitrogen and oxygen atoms in total. The summed E-state index contributed by atoms with van der Waals surface area (Å²) in [6, 6.07) is 35.8. The lowest BCUT2D eigenvalue weighted by Gasteiger charge is -2.29. The molecule has 6 heteroatoms. The van der Waals surface area contributed by atoms with E-state index in [1.54, 1.807) is 0 Å². The van der Waals surface area contributed by atoms with Crippen molar-refractivity contribution in [2.24, 2.45) is 0 Å². The van der Waals surface area contributed by atoms with Crippen LogP contribution in [0.15, 0.2) is 116 Å². The highest BCUT2D eigenvalue weighted by atomic mass is 32.1. The molecule has 1 aliphatic heterocycles. The normalized spacial score (nSPS) is 17.2. The number of rotatable bonds is 8. The molecule has 2 atom stereocenters. The number of anilines is 1. The topological polar surface area (TPSA) is 45.1 Å². The summed E-state index contributed by atoms with van der Waals surface area (Å²) in [5.41, 5.74) is 4.46. The lowest BCUT2D eigenvalue weighted by Crippen LogP contribution is -2.32. The highest BCUT2D eigenvalue weighted by Gasteiger charge is 2.40. The number of aromatic nitrogens is 2. The summed E-state index contributed by atoms with van der Waals surface area (Å²) in [5.74, 6) is 0. The van der Waals surface area contributed by atoms with E-state index in [0.717, 1.165) is 41.7 Å². The van der Waals surface area contributed by atoms with Gasteiger partial charge in [0, 0.05) is 42.6 Å². The molecule has 1 saturated heterocycles. The lowest BCUT2D eigenvalue weighted by atomic mass is 10.0. The van der Waals surface area contributed by atoms with Crippen molar-refractivity contribution < 1.29 is 0 Å². The van der Waals surface area contributed by atoms with Crippen molar-refractivity contribution >= 4 is 33.8 Å². The molecule has 2 aromatic heterocycles. The fourth-order valence-electron chi connectivity index (χ4n) is 5.20. The van der Waals surface area contributed by atoms with Crippen LogP contribution in [0.3, 0.4) is 0 Å². The molecule has 1 fully saturated rings. The van der Waals surface area contributed by atoms with Crippen molar-refractivity contribution in [3.8, 4) is 5.69 Å². The van der Waals surface area contributed by atoms with Crippen LogP contribution in [0.4, 0.5) is 5.69 Å². The Morgan fingerprint density at radius 2 is 1.65 bits per heavy atom. The lowest BCUT2D eigenvalue weighted by molar-refractivity contribution is 0.307. The van der Waals surface area contributed by atoms with Gasteiger partial charge in [0.05, 0.1) is 17.8 Å². The van der Waals surface area contributed by atoms with E-state index >= 15 is 0 Å². The van der Waals surface area contributed by atoms with Crippen LogP contribution in [0.25, 0.3) is 16.5 Å². The molecule has 0 amide bonds. The van der Waals surface area contributed by atoms with Crippen molar-refractivity contribution in [3.05, 3.63) is 127 Å². The fourth-order valence-corrected chi connectivity index (χ4v) is 5.53. The molecule has 1 aliphatic rings. The average molecular weight is 504 g/mol. The van der Waals surface area contributed by atoms with E-state index in [1.165, 1.54) is 16.5 Å². The van der Waals surface area contributed by atoms with Gasteiger partial charge in [0.25, 0.3) is 0 Å². The van der Waals surface area contributed by atoms with Crippen LogP contribution in [0, 0.1) is 0 Å². The summed E-state index contributed by atoms with van der Waals surface area (Å²) in [6.45, 7) is 1.71. The number of para-hydroxylation sites is 1. The Hall–Kier alpha value is -4.16. The highest BCUT2D eigenvalue weighted by molar-refractivity contribution is 7.80. The first-order valence-electron chi connectivity index (χ1n) is 12.7. The van der Waals surface area contributed by atoms with Crippen LogP contribution in [0.1, 0.15) is 29.9 Å². The molecule has 2 N–H and O–H groups in total. The molecule has 0 bridgehead atoms. The zero-order valence-electron chi connectivity index (χ0n) is 20.5. The van der Waals surface area contributed by atoms with Gasteiger partial charge < -0.3 is 20.1 Å². The van der Waals surface area contributed by atoms with Crippen molar-refractivity contribution in [3.63, 3.8) is 0 Å². The van der Waals surface area contributed by atoms with Crippen molar-refractivity contribution in [2.45, 2.75) is 18.5 Å². The summed E-state index contributed by atoms with van der Waals surface area (Å²) in [7, 11) is 0. The van der Waals surface area contributed by atoms with Crippen molar-refractivity contribution in [1.82, 2.24) is 19.8 Å². The Bertz CT molecular complexity index is 1500. The standard InChI is InChI=1S/C31H29N5S/c37-31-34-29(27-14-6-7-18-33-27)30(36(31)21-9-19-32-25-12-2-1-3-13-25)28-15-8-20-35(28)26-17-16-23-10-4-5-11-24(23)22-26/h1-8,10-18,20,22,29-30,32H,9,19,21H2,(H,34,37)/t29-,30+/m0/s1. The van der Waals surface area contributed by atoms with E-state index in [1.807, 2.05) is 24.4 Å². The smallest absolute Gasteiger partial charge is 0.170 e. The van der Waals surface area contributed by atoms with Crippen LogP contribution in [0.2, 0.25) is 0 Å². The Morgan fingerprint density at radius 3 is 2.49 bits per heavy atom. The minimum atomic E-state index is -0.0371. The summed E-state index contributed by atoms with van der Waals surface area (Å²) >= 11 is 5.89. The largest absolute Gasteiger partial charge is 0.385 e. The number of nitrogens with one attached hydrogen (secondary N) is 2. The van der Waals surface area contributed by atoms with E-state index in [0.29, 0.717) is 0 Å². The maximum Gasteiger partial charge on any atom is 0.170 e. The Morgan fingerprint density at radius 1 is 0.838 bits per heavy atom. The molecule has 5 aromatic rings. The quantitative estimate of drug-likeness (QED) is 0.187. The Kier molecular flexibility index (Phi) is 6.57. The van der Waals surface area contributed by atoms with Crippen molar-refractivity contribution in [1.29, 1.82) is 0 Å². The van der Waals surface area contributed by atoms with Crippen LogP contribution in [-0.4, -0.2) is 32.7 Å². The summed E-state index contributed by atoms with van der Waals surface area (Å²) in [4.78, 5) is 7.03. The second kappa shape index (κ2) is 10.4. The van der Waals surface area contributed by atoms with Gasteiger partial charge in [-0.2, -0.15) is 0 Å². The molecule has 0 unspecified atom stereocenters. The van der Waals surface area contributed by atoms with Gasteiger partial charge in [0.15, 0.2) is 5.11 Å². The third kappa shape index (κ3) is 4.80. The average Bonchev–Trinajstić information content (AvgIpc) is 3.56. The second-order valence-corrected chi connectivity index (χ2v) is 9.69. The number of hydrogen-bond donors (Lipinski definition) is 2. The summed E-state index contributed by atoms with van der Waals surface area (Å²) in [6.07, 6.45) is 4.95. The molecular weight excluding hydrogens is 474 g/mol. The Labute approximate surface area is 222 Å². The van der Waals surface area contributed by atoms with Crippen LogP contribution < -0.4 is 10.6 Å². The van der Waals surface area contributed by atoms with Gasteiger partial charge in [-0.3, -0.25) is 4.98 Å². The molecule has 3 aromatic carbocycles. The fraction of sp³-hybridized carbons (Fsp3) is 0.161. The minimum Gasteiger partial charge on any atom is -0.385 e. The Balaban J connectivity index is 1.31. The molecule has 37 heavy (non-hydrogen) atoms. The first-order chi connectivity index (χ1) is 18.3. The third-order valence-electron chi connectivity index (χ3n) is 6.97. The SMILES string of the molecule is S=C1N[C@@H](c2ccccn2)[C@@H](c2cccn2-c2ccc3ccccc3c2)N1CCCNc1ccccc1. The van der Waals surface area contributed by atoms with Gasteiger partial charge >= 0.3 is 0 Å². The maximum atomic E-state index is 5.89. The van der Waals surface area contributed by atoms with Crippen LogP contribution in [-0.2, 0) is 0 Å². The zero-order valence-corrected chi connectivity index (χ0v) is 21.3.